The molecule has 0 atom stereocenters. The zero-order valence-corrected chi connectivity index (χ0v) is 5.39. The summed E-state index contributed by atoms with van der Waals surface area (Å²) >= 11 is 0. The molecule has 2 nitrogen and oxygen atoms in total. The first-order chi connectivity index (χ1) is 3.91. The van der Waals surface area contributed by atoms with Gasteiger partial charge in [-0.2, -0.15) is 5.10 Å². The highest BCUT2D eigenvalue weighted by atomic mass is 15.3. The predicted octanol–water partition coefficient (Wildman–Crippen LogP) is 1.16. The van der Waals surface area contributed by atoms with Gasteiger partial charge in [0.2, 0.25) is 0 Å². The van der Waals surface area contributed by atoms with E-state index in [0.29, 0.717) is 0 Å². The maximum atomic E-state index is 3.78. The third-order valence-corrected chi connectivity index (χ3v) is 0.665. The molecule has 0 rings (SSSR count). The molecule has 2 heteroatoms. The maximum Gasteiger partial charge on any atom is 0.0510 e. The molecule has 0 saturated heterocycles. The van der Waals surface area contributed by atoms with Crippen molar-refractivity contribution in [3.8, 4) is 0 Å². The smallest absolute Gasteiger partial charge is 0.0510 e. The Bertz CT molecular complexity index is 72.5. The van der Waals surface area contributed by atoms with Gasteiger partial charge in [0.25, 0.3) is 0 Å². The lowest BCUT2D eigenvalue weighted by Gasteiger charge is -1.88. The summed E-state index contributed by atoms with van der Waals surface area (Å²) in [5.74, 6) is 0. The third kappa shape index (κ3) is 5.21. The summed E-state index contributed by atoms with van der Waals surface area (Å²) in [7, 11) is 0. The second-order valence-corrected chi connectivity index (χ2v) is 1.32. The number of rotatable bonds is 3. The zero-order valence-electron chi connectivity index (χ0n) is 5.39. The van der Waals surface area contributed by atoms with Crippen molar-refractivity contribution in [1.29, 1.82) is 0 Å². The molecule has 0 fully saturated rings. The fraction of sp³-hybridized carbons (Fsp3) is 0.500. The van der Waals surface area contributed by atoms with E-state index in [1.807, 2.05) is 26.0 Å². The van der Waals surface area contributed by atoms with E-state index in [1.54, 1.807) is 6.21 Å². The Labute approximate surface area is 50.3 Å². The number of hydrogen-bond acceptors (Lipinski definition) is 2. The van der Waals surface area contributed by atoms with Crippen LogP contribution in [0.1, 0.15) is 13.8 Å². The Morgan fingerprint density at radius 2 is 2.25 bits per heavy atom. The zero-order chi connectivity index (χ0) is 6.24. The molecule has 0 unspecified atom stereocenters. The van der Waals surface area contributed by atoms with Crippen LogP contribution in [0.4, 0.5) is 0 Å². The number of hydrazone groups is 1. The predicted molar refractivity (Wildman–Crippen MR) is 37.0 cm³/mol. The van der Waals surface area contributed by atoms with Crippen LogP contribution < -0.4 is 5.43 Å². The fourth-order valence-electron chi connectivity index (χ4n) is 0.315. The average molecular weight is 112 g/mol. The minimum absolute atomic E-state index is 0.820. The fourth-order valence-corrected chi connectivity index (χ4v) is 0.315. The van der Waals surface area contributed by atoms with Crippen molar-refractivity contribution in [2.24, 2.45) is 5.10 Å². The molecule has 0 aromatic heterocycles. The summed E-state index contributed by atoms with van der Waals surface area (Å²) in [6.07, 6.45) is 5.72. The van der Waals surface area contributed by atoms with E-state index in [1.165, 1.54) is 0 Å². The SMILES string of the molecule is C/C=C/CN/N=C/C. The summed E-state index contributed by atoms with van der Waals surface area (Å²) in [5, 5.41) is 3.78. The average Bonchev–Trinajstić information content (AvgIpc) is 1.81. The van der Waals surface area contributed by atoms with Crippen LogP contribution in [0.15, 0.2) is 17.3 Å². The van der Waals surface area contributed by atoms with Gasteiger partial charge in [0.1, 0.15) is 0 Å². The Morgan fingerprint density at radius 1 is 1.50 bits per heavy atom. The number of nitrogens with zero attached hydrogens (tertiary/aromatic N) is 1. The van der Waals surface area contributed by atoms with Crippen LogP contribution in [0.5, 0.6) is 0 Å². The van der Waals surface area contributed by atoms with E-state index in [2.05, 4.69) is 10.5 Å². The van der Waals surface area contributed by atoms with Gasteiger partial charge in [-0.1, -0.05) is 12.2 Å². The molecular weight excluding hydrogens is 100 g/mol. The molecular formula is C6H12N2. The van der Waals surface area contributed by atoms with E-state index < -0.39 is 0 Å². The second kappa shape index (κ2) is 6.21. The molecule has 0 aliphatic heterocycles. The molecule has 0 aliphatic rings. The summed E-state index contributed by atoms with van der Waals surface area (Å²) < 4.78 is 0. The molecule has 0 amide bonds. The lowest BCUT2D eigenvalue weighted by atomic mass is 10.5. The maximum absolute atomic E-state index is 3.78. The minimum Gasteiger partial charge on any atom is -0.307 e. The van der Waals surface area contributed by atoms with Gasteiger partial charge in [-0.25, -0.2) is 0 Å². The molecule has 0 bridgehead atoms. The number of nitrogens with one attached hydrogen (secondary N) is 1. The first-order valence-corrected chi connectivity index (χ1v) is 2.73. The highest BCUT2D eigenvalue weighted by Gasteiger charge is 1.65. The molecule has 0 aromatic carbocycles. The molecule has 8 heavy (non-hydrogen) atoms. The monoisotopic (exact) mass is 112 g/mol. The standard InChI is InChI=1S/C6H12N2/c1-3-5-6-8-7-4-2/h3-5,8H,6H2,1-2H3/b5-3+,7-4+. The van der Waals surface area contributed by atoms with Gasteiger partial charge in [-0.15, -0.1) is 0 Å². The van der Waals surface area contributed by atoms with Crippen molar-refractivity contribution >= 4 is 6.21 Å². The summed E-state index contributed by atoms with van der Waals surface area (Å²) in [5.41, 5.74) is 2.82. The quantitative estimate of drug-likeness (QED) is 0.252. The van der Waals surface area contributed by atoms with Gasteiger partial charge in [0, 0.05) is 6.21 Å². The van der Waals surface area contributed by atoms with Gasteiger partial charge in [-0.05, 0) is 13.8 Å². The first kappa shape index (κ1) is 7.21. The van der Waals surface area contributed by atoms with Gasteiger partial charge >= 0.3 is 0 Å². The lowest BCUT2D eigenvalue weighted by molar-refractivity contribution is 0.829. The van der Waals surface area contributed by atoms with Crippen molar-refractivity contribution in [2.75, 3.05) is 6.54 Å². The van der Waals surface area contributed by atoms with Gasteiger partial charge in [-0.3, -0.25) is 0 Å². The summed E-state index contributed by atoms with van der Waals surface area (Å²) in [6, 6.07) is 0. The van der Waals surface area contributed by atoms with Crippen LogP contribution in [0.25, 0.3) is 0 Å². The van der Waals surface area contributed by atoms with Gasteiger partial charge in [0.15, 0.2) is 0 Å². The molecule has 0 saturated carbocycles. The van der Waals surface area contributed by atoms with Crippen LogP contribution >= 0.6 is 0 Å². The Balaban J connectivity index is 2.93. The van der Waals surface area contributed by atoms with Crippen molar-refractivity contribution in [1.82, 2.24) is 5.43 Å². The van der Waals surface area contributed by atoms with Crippen molar-refractivity contribution in [3.63, 3.8) is 0 Å². The first-order valence-electron chi connectivity index (χ1n) is 2.73. The van der Waals surface area contributed by atoms with Crippen LogP contribution in [-0.4, -0.2) is 12.8 Å². The molecule has 46 valence electrons. The largest absolute Gasteiger partial charge is 0.307 e. The van der Waals surface area contributed by atoms with Crippen molar-refractivity contribution < 1.29 is 0 Å². The Kier molecular flexibility index (Phi) is 5.60. The van der Waals surface area contributed by atoms with E-state index in [4.69, 9.17) is 0 Å². The molecule has 1 N–H and O–H groups in total. The summed E-state index contributed by atoms with van der Waals surface area (Å²) in [4.78, 5) is 0. The van der Waals surface area contributed by atoms with Crippen LogP contribution in [-0.2, 0) is 0 Å². The molecule has 0 aliphatic carbocycles. The van der Waals surface area contributed by atoms with Crippen LogP contribution in [0.3, 0.4) is 0 Å². The summed E-state index contributed by atoms with van der Waals surface area (Å²) in [6.45, 7) is 4.68. The van der Waals surface area contributed by atoms with Crippen LogP contribution in [0, 0.1) is 0 Å². The van der Waals surface area contributed by atoms with Crippen molar-refractivity contribution in [2.45, 2.75) is 13.8 Å². The molecule has 0 heterocycles. The highest BCUT2D eigenvalue weighted by Crippen LogP contribution is 1.65. The topological polar surface area (TPSA) is 24.4 Å². The van der Waals surface area contributed by atoms with Gasteiger partial charge in [0.05, 0.1) is 6.54 Å². The van der Waals surface area contributed by atoms with E-state index in [0.717, 1.165) is 6.54 Å². The van der Waals surface area contributed by atoms with Gasteiger partial charge < -0.3 is 5.43 Å². The van der Waals surface area contributed by atoms with E-state index in [9.17, 15) is 0 Å². The van der Waals surface area contributed by atoms with Crippen molar-refractivity contribution in [3.05, 3.63) is 12.2 Å². The minimum atomic E-state index is 0.820. The third-order valence-electron chi connectivity index (χ3n) is 0.665. The highest BCUT2D eigenvalue weighted by molar-refractivity contribution is 5.52. The number of allylic oxidation sites excluding steroid dienone is 1. The lowest BCUT2D eigenvalue weighted by Crippen LogP contribution is -2.03. The van der Waals surface area contributed by atoms with Crippen LogP contribution in [0.2, 0.25) is 0 Å². The molecule has 0 aromatic rings. The molecule has 0 radical (unpaired) electrons. The number of hydrogen-bond donors (Lipinski definition) is 1. The molecule has 0 spiro atoms. The second-order valence-electron chi connectivity index (χ2n) is 1.32. The Morgan fingerprint density at radius 3 is 2.75 bits per heavy atom. The Hall–Kier alpha value is -0.790. The normalized spacial score (nSPS) is 11.2. The van der Waals surface area contributed by atoms with E-state index in [-0.39, 0.29) is 0 Å². The van der Waals surface area contributed by atoms with E-state index >= 15 is 0 Å².